The van der Waals surface area contributed by atoms with Crippen molar-refractivity contribution in [3.63, 3.8) is 0 Å². The summed E-state index contributed by atoms with van der Waals surface area (Å²) in [5.41, 5.74) is 1.39. The predicted octanol–water partition coefficient (Wildman–Crippen LogP) is 2.18. The van der Waals surface area contributed by atoms with Crippen molar-refractivity contribution in [1.82, 2.24) is 14.8 Å². The summed E-state index contributed by atoms with van der Waals surface area (Å²) in [6.07, 6.45) is 1.71. The van der Waals surface area contributed by atoms with Crippen molar-refractivity contribution in [2.24, 2.45) is 0 Å². The van der Waals surface area contributed by atoms with Crippen LogP contribution in [-0.4, -0.2) is 21.3 Å². The highest BCUT2D eigenvalue weighted by Gasteiger charge is 2.20. The highest BCUT2D eigenvalue weighted by atomic mass is 35.5. The molecule has 3 rings (SSSR count). The number of fused-ring (bicyclic) bond motifs is 1. The lowest BCUT2D eigenvalue weighted by atomic mass is 10.2. The van der Waals surface area contributed by atoms with Crippen molar-refractivity contribution in [2.45, 2.75) is 19.0 Å². The Morgan fingerprint density at radius 3 is 3.00 bits per heavy atom. The van der Waals surface area contributed by atoms with Gasteiger partial charge in [0.15, 0.2) is 5.82 Å². The first-order valence-corrected chi connectivity index (χ1v) is 6.27. The largest absolute Gasteiger partial charge is 0.360 e. The molecule has 2 aromatic rings. The number of anilines is 1. The third-order valence-corrected chi connectivity index (χ3v) is 3.45. The Morgan fingerprint density at radius 2 is 2.22 bits per heavy atom. The molecule has 4 nitrogen and oxygen atoms in total. The van der Waals surface area contributed by atoms with Crippen LogP contribution in [0.1, 0.15) is 11.4 Å². The second-order valence-electron chi connectivity index (χ2n) is 4.28. The normalized spacial score (nSPS) is 14.7. The van der Waals surface area contributed by atoms with E-state index in [0.29, 0.717) is 18.1 Å². The Bertz CT molecular complexity index is 569. The summed E-state index contributed by atoms with van der Waals surface area (Å²) < 4.78 is 16.0. The Kier molecular flexibility index (Phi) is 2.91. The van der Waals surface area contributed by atoms with Crippen LogP contribution in [-0.2, 0) is 19.0 Å². The van der Waals surface area contributed by atoms with Crippen LogP contribution in [0.2, 0.25) is 0 Å². The standard InChI is InChI=1S/C12H12ClFN4/c13-6-9-1-2-11(10(14)5-9)17-3-4-18-8-15-16-12(18)7-17/h1-2,5,8H,3-4,6-7H2. The number of nitrogens with zero attached hydrogens (tertiary/aromatic N) is 4. The van der Waals surface area contributed by atoms with Gasteiger partial charge in [0.1, 0.15) is 12.1 Å². The minimum absolute atomic E-state index is 0.235. The summed E-state index contributed by atoms with van der Waals surface area (Å²) in [6, 6.07) is 5.12. The van der Waals surface area contributed by atoms with E-state index in [2.05, 4.69) is 10.2 Å². The van der Waals surface area contributed by atoms with E-state index >= 15 is 0 Å². The van der Waals surface area contributed by atoms with Gasteiger partial charge in [-0.2, -0.15) is 0 Å². The monoisotopic (exact) mass is 266 g/mol. The van der Waals surface area contributed by atoms with Gasteiger partial charge in [-0.25, -0.2) is 4.39 Å². The molecule has 0 amide bonds. The lowest BCUT2D eigenvalue weighted by Crippen LogP contribution is -2.34. The van der Waals surface area contributed by atoms with Gasteiger partial charge < -0.3 is 9.47 Å². The van der Waals surface area contributed by atoms with Gasteiger partial charge in [0.25, 0.3) is 0 Å². The first-order valence-electron chi connectivity index (χ1n) is 5.74. The first kappa shape index (κ1) is 11.5. The maximum Gasteiger partial charge on any atom is 0.152 e. The predicted molar refractivity (Wildman–Crippen MR) is 67.0 cm³/mol. The van der Waals surface area contributed by atoms with Gasteiger partial charge in [-0.3, -0.25) is 0 Å². The fraction of sp³-hybridized carbons (Fsp3) is 0.333. The van der Waals surface area contributed by atoms with E-state index in [0.717, 1.165) is 24.5 Å². The van der Waals surface area contributed by atoms with Gasteiger partial charge in [0.2, 0.25) is 0 Å². The molecule has 0 spiro atoms. The third kappa shape index (κ3) is 1.95. The molecule has 0 saturated heterocycles. The maximum absolute atomic E-state index is 14.0. The molecule has 94 valence electrons. The number of hydrogen-bond donors (Lipinski definition) is 0. The highest BCUT2D eigenvalue weighted by molar-refractivity contribution is 6.17. The summed E-state index contributed by atoms with van der Waals surface area (Å²) >= 11 is 5.69. The third-order valence-electron chi connectivity index (χ3n) is 3.15. The number of alkyl halides is 1. The van der Waals surface area contributed by atoms with Gasteiger partial charge in [0, 0.05) is 19.0 Å². The number of aromatic nitrogens is 3. The molecule has 1 aromatic heterocycles. The molecule has 0 bridgehead atoms. The van der Waals surface area contributed by atoms with Crippen molar-refractivity contribution in [3.05, 3.63) is 41.7 Å². The molecule has 18 heavy (non-hydrogen) atoms. The molecule has 0 atom stereocenters. The minimum atomic E-state index is -0.235. The van der Waals surface area contributed by atoms with Gasteiger partial charge >= 0.3 is 0 Å². The zero-order valence-corrected chi connectivity index (χ0v) is 10.4. The molecule has 1 aliphatic heterocycles. The smallest absolute Gasteiger partial charge is 0.152 e. The number of rotatable bonds is 2. The summed E-state index contributed by atoms with van der Waals surface area (Å²) in [5.74, 6) is 0.953. The average Bonchev–Trinajstić information content (AvgIpc) is 2.85. The van der Waals surface area contributed by atoms with E-state index in [4.69, 9.17) is 11.6 Å². The summed E-state index contributed by atoms with van der Waals surface area (Å²) in [5, 5.41) is 7.88. The van der Waals surface area contributed by atoms with Gasteiger partial charge in [-0.05, 0) is 17.7 Å². The lowest BCUT2D eigenvalue weighted by molar-refractivity contribution is 0.543. The van der Waals surface area contributed by atoms with Crippen LogP contribution in [0.5, 0.6) is 0 Å². The molecular weight excluding hydrogens is 255 g/mol. The molecule has 0 fully saturated rings. The van der Waals surface area contributed by atoms with Crippen LogP contribution in [0.3, 0.4) is 0 Å². The van der Waals surface area contributed by atoms with Crippen molar-refractivity contribution < 1.29 is 4.39 Å². The highest BCUT2D eigenvalue weighted by Crippen LogP contribution is 2.24. The summed E-state index contributed by atoms with van der Waals surface area (Å²) in [4.78, 5) is 1.97. The number of halogens is 2. The molecule has 0 unspecified atom stereocenters. The van der Waals surface area contributed by atoms with Crippen LogP contribution < -0.4 is 4.90 Å². The van der Waals surface area contributed by atoms with Crippen LogP contribution >= 0.6 is 11.6 Å². The minimum Gasteiger partial charge on any atom is -0.360 e. The van der Waals surface area contributed by atoms with E-state index in [9.17, 15) is 4.39 Å². The SMILES string of the molecule is Fc1cc(CCl)ccc1N1CCn2cnnc2C1. The van der Waals surface area contributed by atoms with Crippen molar-refractivity contribution in [1.29, 1.82) is 0 Å². The summed E-state index contributed by atoms with van der Waals surface area (Å²) in [6.45, 7) is 2.11. The Hall–Kier alpha value is -1.62. The molecule has 0 N–H and O–H groups in total. The molecule has 2 heterocycles. The van der Waals surface area contributed by atoms with Crippen LogP contribution in [0.15, 0.2) is 24.5 Å². The molecule has 1 aromatic carbocycles. The van der Waals surface area contributed by atoms with Crippen molar-refractivity contribution in [3.8, 4) is 0 Å². The van der Waals surface area contributed by atoms with Crippen LogP contribution in [0, 0.1) is 5.82 Å². The zero-order valence-electron chi connectivity index (χ0n) is 9.68. The molecule has 0 saturated carbocycles. The Labute approximate surface area is 109 Å². The topological polar surface area (TPSA) is 34.0 Å². The zero-order chi connectivity index (χ0) is 12.5. The molecule has 0 radical (unpaired) electrons. The molecule has 0 aliphatic carbocycles. The fourth-order valence-electron chi connectivity index (χ4n) is 2.16. The van der Waals surface area contributed by atoms with E-state index in [-0.39, 0.29) is 5.82 Å². The fourth-order valence-corrected chi connectivity index (χ4v) is 2.33. The summed E-state index contributed by atoms with van der Waals surface area (Å²) in [7, 11) is 0. The van der Waals surface area contributed by atoms with Gasteiger partial charge in [-0.15, -0.1) is 21.8 Å². The van der Waals surface area contributed by atoms with E-state index in [1.807, 2.05) is 15.5 Å². The second kappa shape index (κ2) is 4.57. The maximum atomic E-state index is 14.0. The van der Waals surface area contributed by atoms with Crippen LogP contribution in [0.4, 0.5) is 10.1 Å². The number of hydrogen-bond acceptors (Lipinski definition) is 3. The lowest BCUT2D eigenvalue weighted by Gasteiger charge is -2.29. The second-order valence-corrected chi connectivity index (χ2v) is 4.55. The van der Waals surface area contributed by atoms with Gasteiger partial charge in [-0.1, -0.05) is 6.07 Å². The average molecular weight is 267 g/mol. The van der Waals surface area contributed by atoms with E-state index < -0.39 is 0 Å². The number of benzene rings is 1. The Balaban J connectivity index is 1.88. The first-order chi connectivity index (χ1) is 8.78. The molecule has 1 aliphatic rings. The van der Waals surface area contributed by atoms with E-state index in [1.54, 1.807) is 12.4 Å². The quantitative estimate of drug-likeness (QED) is 0.782. The van der Waals surface area contributed by atoms with Gasteiger partial charge in [0.05, 0.1) is 12.2 Å². The van der Waals surface area contributed by atoms with E-state index in [1.165, 1.54) is 6.07 Å². The van der Waals surface area contributed by atoms with Crippen LogP contribution in [0.25, 0.3) is 0 Å². The Morgan fingerprint density at radius 1 is 1.33 bits per heavy atom. The molecular formula is C12H12ClFN4. The van der Waals surface area contributed by atoms with Crippen molar-refractivity contribution in [2.75, 3.05) is 11.4 Å². The van der Waals surface area contributed by atoms with Crippen molar-refractivity contribution >= 4 is 17.3 Å². The molecule has 6 heteroatoms.